The van der Waals surface area contributed by atoms with E-state index in [1.807, 2.05) is 0 Å². The molecule has 0 aliphatic carbocycles. The first-order chi connectivity index (χ1) is 13.6. The Balaban J connectivity index is 1.78. The monoisotopic (exact) mass is 431 g/mol. The van der Waals surface area contributed by atoms with E-state index in [-0.39, 0.29) is 24.9 Å². The number of carbonyl (C=O) groups excluding carboxylic acids is 3. The van der Waals surface area contributed by atoms with Crippen LogP contribution in [-0.2, 0) is 24.0 Å². The summed E-state index contributed by atoms with van der Waals surface area (Å²) >= 11 is 0. The quantitative estimate of drug-likeness (QED) is 0.336. The number of fused-ring (bicyclic) bond motifs is 1. The first-order valence-electron chi connectivity index (χ1n) is 8.39. The Bertz CT molecular complexity index is 882. The summed E-state index contributed by atoms with van der Waals surface area (Å²) in [5.41, 5.74) is 0.326. The summed E-state index contributed by atoms with van der Waals surface area (Å²) in [4.78, 5) is 36.9. The number of rotatable bonds is 8. The van der Waals surface area contributed by atoms with Gasteiger partial charge in [-0.05, 0) is 25.1 Å². The van der Waals surface area contributed by atoms with Crippen LogP contribution < -0.4 is 9.47 Å². The molecule has 1 heterocycles. The molecule has 0 saturated carbocycles. The minimum Gasteiger partial charge on any atom is -0.454 e. The number of hydrogen-bond donors (Lipinski definition) is 0. The Labute approximate surface area is 167 Å². The fourth-order valence-corrected chi connectivity index (χ4v) is 2.56. The number of ketones is 1. The number of Topliss-reactive ketones (excluding diaryl/α,β-unsaturated/α-hetero) is 1. The van der Waals surface area contributed by atoms with Gasteiger partial charge in [-0.2, -0.15) is 0 Å². The van der Waals surface area contributed by atoms with E-state index in [4.69, 9.17) is 14.2 Å². The molecule has 0 bridgehead atoms. The molecular formula is C17H21NO10S. The van der Waals surface area contributed by atoms with Crippen LogP contribution in [0.15, 0.2) is 18.2 Å². The lowest BCUT2D eigenvalue weighted by atomic mass is 10.0. The average Bonchev–Trinajstić information content (AvgIpc) is 3.12. The second kappa shape index (κ2) is 9.45. The van der Waals surface area contributed by atoms with Crippen molar-refractivity contribution in [2.75, 3.05) is 39.2 Å². The zero-order valence-electron chi connectivity index (χ0n) is 16.1. The van der Waals surface area contributed by atoms with E-state index >= 15 is 0 Å². The van der Waals surface area contributed by atoms with Crippen molar-refractivity contribution in [2.24, 2.45) is 0 Å². The van der Waals surface area contributed by atoms with Crippen molar-refractivity contribution in [3.63, 3.8) is 0 Å². The van der Waals surface area contributed by atoms with E-state index in [1.165, 1.54) is 20.0 Å². The molecule has 29 heavy (non-hydrogen) atoms. The van der Waals surface area contributed by atoms with E-state index in [1.54, 1.807) is 12.1 Å². The Morgan fingerprint density at radius 3 is 2.52 bits per heavy atom. The molecule has 1 aromatic rings. The van der Waals surface area contributed by atoms with E-state index in [0.717, 1.165) is 11.2 Å². The summed E-state index contributed by atoms with van der Waals surface area (Å²) in [6, 6.07) is 3.81. The Morgan fingerprint density at radius 2 is 1.83 bits per heavy atom. The van der Waals surface area contributed by atoms with Crippen LogP contribution in [-0.4, -0.2) is 76.6 Å². The Hall–Kier alpha value is -3.02. The molecule has 1 unspecified atom stereocenters. The molecule has 0 aromatic heterocycles. The second-order valence-corrected chi connectivity index (χ2v) is 8.38. The summed E-state index contributed by atoms with van der Waals surface area (Å²) < 4.78 is 46.0. The van der Waals surface area contributed by atoms with Gasteiger partial charge >= 0.3 is 12.2 Å². The molecule has 0 radical (unpaired) electrons. The van der Waals surface area contributed by atoms with Crippen molar-refractivity contribution in [3.05, 3.63) is 23.8 Å². The summed E-state index contributed by atoms with van der Waals surface area (Å²) in [6.07, 6.45) is -1.10. The molecule has 0 N–H and O–H groups in total. The largest absolute Gasteiger partial charge is 0.511 e. The predicted octanol–water partition coefficient (Wildman–Crippen LogP) is 1.21. The topological polar surface area (TPSA) is 135 Å². The molecule has 1 aliphatic heterocycles. The first kappa shape index (κ1) is 22.3. The minimum atomic E-state index is -3.28. The number of nitrogens with zero attached hydrogens (tertiary/aromatic N) is 1. The smallest absolute Gasteiger partial charge is 0.454 e. The van der Waals surface area contributed by atoms with Crippen LogP contribution in [0.1, 0.15) is 17.3 Å². The highest BCUT2D eigenvalue weighted by Crippen LogP contribution is 2.32. The van der Waals surface area contributed by atoms with Crippen molar-refractivity contribution in [2.45, 2.75) is 13.0 Å². The third kappa shape index (κ3) is 6.52. The van der Waals surface area contributed by atoms with E-state index < -0.39 is 34.9 Å². The molecule has 160 valence electrons. The van der Waals surface area contributed by atoms with Crippen molar-refractivity contribution in [1.29, 1.82) is 0 Å². The molecular weight excluding hydrogens is 410 g/mol. The van der Waals surface area contributed by atoms with Gasteiger partial charge in [0.2, 0.25) is 13.6 Å². The molecule has 1 atom stereocenters. The zero-order valence-corrected chi connectivity index (χ0v) is 16.9. The highest BCUT2D eigenvalue weighted by atomic mass is 32.2. The van der Waals surface area contributed by atoms with Gasteiger partial charge in [0, 0.05) is 18.9 Å². The van der Waals surface area contributed by atoms with Gasteiger partial charge in [-0.25, -0.2) is 18.0 Å². The summed E-state index contributed by atoms with van der Waals surface area (Å²) in [5, 5.41) is 0. The number of benzene rings is 1. The van der Waals surface area contributed by atoms with Crippen LogP contribution in [0.3, 0.4) is 0 Å². The van der Waals surface area contributed by atoms with Crippen LogP contribution in [0.2, 0.25) is 0 Å². The maximum absolute atomic E-state index is 12.6. The SMILES string of the molecule is CC(C(=O)c1ccc2c(c1)OCO2)N(C)C(=O)OCOC(=O)OCCS(C)(=O)=O. The lowest BCUT2D eigenvalue weighted by Crippen LogP contribution is -2.41. The predicted molar refractivity (Wildman–Crippen MR) is 97.6 cm³/mol. The van der Waals surface area contributed by atoms with Crippen LogP contribution in [0.5, 0.6) is 11.5 Å². The third-order valence-electron chi connectivity index (χ3n) is 3.94. The van der Waals surface area contributed by atoms with Crippen molar-refractivity contribution in [1.82, 2.24) is 4.90 Å². The van der Waals surface area contributed by atoms with Gasteiger partial charge in [0.1, 0.15) is 6.61 Å². The fraction of sp³-hybridized carbons (Fsp3) is 0.471. The molecule has 2 rings (SSSR count). The molecule has 0 spiro atoms. The molecule has 0 saturated heterocycles. The van der Waals surface area contributed by atoms with Gasteiger partial charge in [-0.1, -0.05) is 0 Å². The fourth-order valence-electron chi connectivity index (χ4n) is 2.17. The van der Waals surface area contributed by atoms with Gasteiger partial charge in [0.15, 0.2) is 27.1 Å². The van der Waals surface area contributed by atoms with Gasteiger partial charge in [0.05, 0.1) is 11.8 Å². The van der Waals surface area contributed by atoms with Crippen LogP contribution in [0.25, 0.3) is 0 Å². The van der Waals surface area contributed by atoms with Crippen molar-refractivity contribution in [3.8, 4) is 11.5 Å². The molecule has 12 heteroatoms. The number of amides is 1. The minimum absolute atomic E-state index is 0.0749. The van der Waals surface area contributed by atoms with Gasteiger partial charge in [-0.15, -0.1) is 0 Å². The number of hydrogen-bond acceptors (Lipinski definition) is 10. The van der Waals surface area contributed by atoms with E-state index in [0.29, 0.717) is 17.1 Å². The second-order valence-electron chi connectivity index (χ2n) is 6.12. The number of sulfone groups is 1. The lowest BCUT2D eigenvalue weighted by Gasteiger charge is -2.23. The van der Waals surface area contributed by atoms with Crippen LogP contribution >= 0.6 is 0 Å². The van der Waals surface area contributed by atoms with Gasteiger partial charge in [0.25, 0.3) is 0 Å². The number of ether oxygens (including phenoxy) is 5. The average molecular weight is 431 g/mol. The Kier molecular flexibility index (Phi) is 7.26. The molecule has 11 nitrogen and oxygen atoms in total. The molecule has 1 amide bonds. The first-order valence-corrected chi connectivity index (χ1v) is 10.5. The highest BCUT2D eigenvalue weighted by Gasteiger charge is 2.26. The Morgan fingerprint density at radius 1 is 1.14 bits per heavy atom. The molecule has 1 aromatic carbocycles. The summed E-state index contributed by atoms with van der Waals surface area (Å²) in [7, 11) is -1.93. The van der Waals surface area contributed by atoms with Crippen molar-refractivity contribution < 1.29 is 46.5 Å². The van der Waals surface area contributed by atoms with Crippen molar-refractivity contribution >= 4 is 27.9 Å². The highest BCUT2D eigenvalue weighted by molar-refractivity contribution is 7.90. The van der Waals surface area contributed by atoms with Crippen LogP contribution in [0.4, 0.5) is 9.59 Å². The summed E-state index contributed by atoms with van der Waals surface area (Å²) in [6.45, 7) is 0.443. The normalized spacial score (nSPS) is 13.3. The lowest BCUT2D eigenvalue weighted by molar-refractivity contribution is -0.0226. The van der Waals surface area contributed by atoms with Crippen LogP contribution in [0, 0.1) is 0 Å². The maximum atomic E-state index is 12.6. The van der Waals surface area contributed by atoms with Gasteiger partial charge < -0.3 is 28.6 Å². The number of carbonyl (C=O) groups is 3. The maximum Gasteiger partial charge on any atom is 0.511 e. The standard InChI is InChI=1S/C17H21NO10S/c1-11(15(19)12-4-5-13-14(8-12)26-9-25-13)18(2)16(20)27-10-28-17(21)24-6-7-29(3,22)23/h4-5,8,11H,6-7,9-10H2,1-3H3. The molecule has 1 aliphatic rings. The number of likely N-dealkylation sites (N-methyl/N-ethyl adjacent to an activating group) is 1. The zero-order chi connectivity index (χ0) is 21.6. The van der Waals surface area contributed by atoms with E-state index in [2.05, 4.69) is 9.47 Å². The molecule has 0 fully saturated rings. The summed E-state index contributed by atoms with van der Waals surface area (Å²) in [5.74, 6) is 0.256. The third-order valence-corrected chi connectivity index (χ3v) is 4.85. The van der Waals surface area contributed by atoms with Gasteiger partial charge in [-0.3, -0.25) is 4.79 Å². The van der Waals surface area contributed by atoms with E-state index in [9.17, 15) is 22.8 Å².